The molecule has 1 aromatic carbocycles. The Morgan fingerprint density at radius 2 is 2.24 bits per heavy atom. The van der Waals surface area contributed by atoms with E-state index in [9.17, 15) is 13.6 Å². The number of alkyl halides is 3. The molecule has 0 saturated carbocycles. The standard InChI is InChI=1S/C11H11BrF2O2S/c1-17-7-2-3-8(9(15)4-5-12)10(6-7)16-11(13)14/h2-3,6,11H,4-5H2,1H3. The number of ether oxygens (including phenoxy) is 1. The second kappa shape index (κ2) is 6.96. The fourth-order valence-electron chi connectivity index (χ4n) is 1.27. The Kier molecular flexibility index (Phi) is 5.91. The predicted octanol–water partition coefficient (Wildman–Crippen LogP) is 3.98. The van der Waals surface area contributed by atoms with Gasteiger partial charge in [-0.1, -0.05) is 15.9 Å². The van der Waals surface area contributed by atoms with Crippen LogP contribution in [0.15, 0.2) is 23.1 Å². The molecule has 0 aliphatic rings. The van der Waals surface area contributed by atoms with Crippen molar-refractivity contribution in [3.05, 3.63) is 23.8 Å². The largest absolute Gasteiger partial charge is 0.434 e. The van der Waals surface area contributed by atoms with Gasteiger partial charge in [-0.15, -0.1) is 11.8 Å². The van der Waals surface area contributed by atoms with Gasteiger partial charge in [0.2, 0.25) is 0 Å². The zero-order valence-electron chi connectivity index (χ0n) is 9.08. The highest BCUT2D eigenvalue weighted by Gasteiger charge is 2.15. The molecule has 0 saturated heterocycles. The lowest BCUT2D eigenvalue weighted by Gasteiger charge is -2.10. The number of rotatable bonds is 6. The summed E-state index contributed by atoms with van der Waals surface area (Å²) in [6.45, 7) is -2.93. The molecular weight excluding hydrogens is 314 g/mol. The first-order chi connectivity index (χ1) is 8.08. The van der Waals surface area contributed by atoms with Crippen molar-refractivity contribution in [1.29, 1.82) is 0 Å². The number of hydrogen-bond acceptors (Lipinski definition) is 3. The minimum absolute atomic E-state index is 0.0576. The molecule has 6 heteroatoms. The zero-order valence-corrected chi connectivity index (χ0v) is 11.5. The maximum atomic E-state index is 12.2. The predicted molar refractivity (Wildman–Crippen MR) is 67.6 cm³/mol. The van der Waals surface area contributed by atoms with Gasteiger partial charge in [0.25, 0.3) is 0 Å². The van der Waals surface area contributed by atoms with Crippen LogP contribution in [0.5, 0.6) is 5.75 Å². The fourth-order valence-corrected chi connectivity index (χ4v) is 2.06. The molecule has 0 bridgehead atoms. The van der Waals surface area contributed by atoms with Gasteiger partial charge < -0.3 is 4.74 Å². The van der Waals surface area contributed by atoms with Gasteiger partial charge in [0.1, 0.15) is 5.75 Å². The first-order valence-corrected chi connectivity index (χ1v) is 7.15. The van der Waals surface area contributed by atoms with Gasteiger partial charge in [0.05, 0.1) is 5.56 Å². The molecule has 2 nitrogen and oxygen atoms in total. The van der Waals surface area contributed by atoms with Gasteiger partial charge in [0, 0.05) is 16.6 Å². The van der Waals surface area contributed by atoms with Crippen molar-refractivity contribution in [3.8, 4) is 5.75 Å². The van der Waals surface area contributed by atoms with Crippen LogP contribution in [-0.2, 0) is 0 Å². The minimum Gasteiger partial charge on any atom is -0.434 e. The number of carbonyl (C=O) groups excluding carboxylic acids is 1. The molecule has 1 rings (SSSR count). The van der Waals surface area contributed by atoms with Crippen LogP contribution < -0.4 is 4.74 Å². The summed E-state index contributed by atoms with van der Waals surface area (Å²) in [4.78, 5) is 12.5. The van der Waals surface area contributed by atoms with E-state index in [-0.39, 0.29) is 23.5 Å². The smallest absolute Gasteiger partial charge is 0.387 e. The average Bonchev–Trinajstić information content (AvgIpc) is 2.28. The van der Waals surface area contributed by atoms with Crippen LogP contribution in [-0.4, -0.2) is 24.0 Å². The van der Waals surface area contributed by atoms with E-state index in [0.29, 0.717) is 5.33 Å². The number of ketones is 1. The van der Waals surface area contributed by atoms with E-state index in [0.717, 1.165) is 4.90 Å². The van der Waals surface area contributed by atoms with Crippen LogP contribution in [0.4, 0.5) is 8.78 Å². The third-order valence-corrected chi connectivity index (χ3v) is 3.15. The molecule has 0 fully saturated rings. The van der Waals surface area contributed by atoms with Crippen molar-refractivity contribution in [1.82, 2.24) is 0 Å². The summed E-state index contributed by atoms with van der Waals surface area (Å²) in [6.07, 6.45) is 2.07. The molecular formula is C11H11BrF2O2S. The molecule has 0 spiro atoms. The van der Waals surface area contributed by atoms with E-state index < -0.39 is 6.61 Å². The first kappa shape index (κ1) is 14.4. The van der Waals surface area contributed by atoms with Crippen LogP contribution in [0.25, 0.3) is 0 Å². The lowest BCUT2D eigenvalue weighted by Crippen LogP contribution is -2.08. The van der Waals surface area contributed by atoms with Crippen LogP contribution >= 0.6 is 27.7 Å². The normalized spacial score (nSPS) is 10.6. The number of halogens is 3. The second-order valence-electron chi connectivity index (χ2n) is 3.10. The Bertz CT molecular complexity index is 399. The summed E-state index contributed by atoms with van der Waals surface area (Å²) >= 11 is 4.54. The quantitative estimate of drug-likeness (QED) is 0.450. The monoisotopic (exact) mass is 324 g/mol. The Morgan fingerprint density at radius 3 is 2.76 bits per heavy atom. The summed E-state index contributed by atoms with van der Waals surface area (Å²) < 4.78 is 28.8. The summed E-state index contributed by atoms with van der Waals surface area (Å²) in [5, 5.41) is 0.490. The van der Waals surface area contributed by atoms with Crippen LogP contribution in [0.3, 0.4) is 0 Å². The van der Waals surface area contributed by atoms with Crippen molar-refractivity contribution in [3.63, 3.8) is 0 Å². The Labute approximate surface area is 111 Å². The lowest BCUT2D eigenvalue weighted by molar-refractivity contribution is -0.0502. The van der Waals surface area contributed by atoms with E-state index in [2.05, 4.69) is 20.7 Å². The Morgan fingerprint density at radius 1 is 1.53 bits per heavy atom. The zero-order chi connectivity index (χ0) is 12.8. The van der Waals surface area contributed by atoms with Crippen LogP contribution in [0.1, 0.15) is 16.8 Å². The van der Waals surface area contributed by atoms with Gasteiger partial charge >= 0.3 is 6.61 Å². The van der Waals surface area contributed by atoms with Crippen molar-refractivity contribution in [2.24, 2.45) is 0 Å². The maximum Gasteiger partial charge on any atom is 0.387 e. The van der Waals surface area contributed by atoms with Crippen molar-refractivity contribution < 1.29 is 18.3 Å². The molecule has 0 amide bonds. The number of hydrogen-bond donors (Lipinski definition) is 0. The summed E-state index contributed by atoms with van der Waals surface area (Å²) in [5.41, 5.74) is 0.197. The Balaban J connectivity index is 3.05. The third kappa shape index (κ3) is 4.27. The van der Waals surface area contributed by atoms with E-state index in [1.807, 2.05) is 6.26 Å². The maximum absolute atomic E-state index is 12.2. The molecule has 0 N–H and O–H groups in total. The Hall–Kier alpha value is -0.620. The first-order valence-electron chi connectivity index (χ1n) is 4.80. The molecule has 1 aromatic rings. The van der Waals surface area contributed by atoms with Crippen molar-refractivity contribution in [2.75, 3.05) is 11.6 Å². The molecule has 17 heavy (non-hydrogen) atoms. The lowest BCUT2D eigenvalue weighted by atomic mass is 10.1. The van der Waals surface area contributed by atoms with Gasteiger partial charge in [-0.05, 0) is 24.5 Å². The highest BCUT2D eigenvalue weighted by Crippen LogP contribution is 2.28. The molecule has 0 aromatic heterocycles. The SMILES string of the molecule is CSc1ccc(C(=O)CCBr)c(OC(F)F)c1. The fraction of sp³-hybridized carbons (Fsp3) is 0.364. The van der Waals surface area contributed by atoms with Crippen LogP contribution in [0, 0.1) is 0 Å². The van der Waals surface area contributed by atoms with Gasteiger partial charge in [-0.25, -0.2) is 0 Å². The molecule has 94 valence electrons. The molecule has 0 radical (unpaired) electrons. The topological polar surface area (TPSA) is 26.3 Å². The van der Waals surface area contributed by atoms with Crippen molar-refractivity contribution in [2.45, 2.75) is 17.9 Å². The minimum atomic E-state index is -2.93. The van der Waals surface area contributed by atoms with E-state index in [4.69, 9.17) is 0 Å². The number of Topliss-reactive ketones (excluding diaryl/α,β-unsaturated/α-hetero) is 1. The summed E-state index contributed by atoms with van der Waals surface area (Å²) in [7, 11) is 0. The molecule has 0 aliphatic carbocycles. The summed E-state index contributed by atoms with van der Waals surface area (Å²) in [5.74, 6) is -0.275. The van der Waals surface area contributed by atoms with E-state index >= 15 is 0 Å². The van der Waals surface area contributed by atoms with E-state index in [1.54, 1.807) is 6.07 Å². The van der Waals surface area contributed by atoms with Crippen molar-refractivity contribution >= 4 is 33.5 Å². The third-order valence-electron chi connectivity index (χ3n) is 2.03. The molecule has 0 heterocycles. The number of benzene rings is 1. The highest BCUT2D eigenvalue weighted by atomic mass is 79.9. The van der Waals surface area contributed by atoms with Gasteiger partial charge in [-0.2, -0.15) is 8.78 Å². The van der Waals surface area contributed by atoms with Crippen LogP contribution in [0.2, 0.25) is 0 Å². The molecule has 0 atom stereocenters. The average molecular weight is 325 g/mol. The highest BCUT2D eigenvalue weighted by molar-refractivity contribution is 9.09. The van der Waals surface area contributed by atoms with Gasteiger partial charge in [-0.3, -0.25) is 4.79 Å². The summed E-state index contributed by atoms with van der Waals surface area (Å²) in [6, 6.07) is 4.69. The molecule has 0 aliphatic heterocycles. The number of carbonyl (C=O) groups is 1. The second-order valence-corrected chi connectivity index (χ2v) is 4.78. The van der Waals surface area contributed by atoms with Gasteiger partial charge in [0.15, 0.2) is 5.78 Å². The van der Waals surface area contributed by atoms with E-state index in [1.165, 1.54) is 23.9 Å². The molecule has 0 unspecified atom stereocenters. The number of thioether (sulfide) groups is 1.